The molecule has 2 heterocycles. The lowest BCUT2D eigenvalue weighted by Gasteiger charge is -2.56. The Morgan fingerprint density at radius 3 is 2.00 bits per heavy atom. The summed E-state index contributed by atoms with van der Waals surface area (Å²) in [6.45, 7) is 2.52. The van der Waals surface area contributed by atoms with E-state index in [0.717, 1.165) is 5.92 Å². The molecule has 2 nitrogen and oxygen atoms in total. The SMILES string of the molecule is CN1CCCC2C(c3ccccc3)C(C3CCCCN3C)C(c3ccccc3)CC21. The molecule has 2 saturated heterocycles. The minimum Gasteiger partial charge on any atom is -0.303 e. The van der Waals surface area contributed by atoms with Crippen molar-refractivity contribution < 1.29 is 0 Å². The van der Waals surface area contributed by atoms with Crippen molar-refractivity contribution in [2.24, 2.45) is 11.8 Å². The second-order valence-electron chi connectivity index (χ2n) is 10.2. The van der Waals surface area contributed by atoms with Crippen molar-refractivity contribution in [3.63, 3.8) is 0 Å². The first-order valence-corrected chi connectivity index (χ1v) is 12.2. The Bertz CT molecular complexity index is 804. The Balaban J connectivity index is 1.63. The van der Waals surface area contributed by atoms with Gasteiger partial charge >= 0.3 is 0 Å². The number of piperidine rings is 2. The lowest BCUT2D eigenvalue weighted by atomic mass is 9.56. The molecule has 0 N–H and O–H groups in total. The fourth-order valence-electron chi connectivity index (χ4n) is 7.29. The third-order valence-electron chi connectivity index (χ3n) is 8.63. The van der Waals surface area contributed by atoms with Gasteiger partial charge in [0.05, 0.1) is 0 Å². The highest BCUT2D eigenvalue weighted by Crippen LogP contribution is 2.55. The molecule has 2 aromatic rings. The van der Waals surface area contributed by atoms with E-state index in [0.29, 0.717) is 29.8 Å². The van der Waals surface area contributed by atoms with Gasteiger partial charge in [-0.1, -0.05) is 67.1 Å². The number of hydrogen-bond acceptors (Lipinski definition) is 2. The van der Waals surface area contributed by atoms with Gasteiger partial charge in [-0.2, -0.15) is 0 Å². The summed E-state index contributed by atoms with van der Waals surface area (Å²) < 4.78 is 0. The number of benzene rings is 2. The number of likely N-dealkylation sites (tertiary alicyclic amines) is 2. The van der Waals surface area contributed by atoms with E-state index in [4.69, 9.17) is 0 Å². The first-order valence-electron chi connectivity index (χ1n) is 12.2. The predicted octanol–water partition coefficient (Wildman–Crippen LogP) is 5.77. The van der Waals surface area contributed by atoms with Crippen molar-refractivity contribution in [3.05, 3.63) is 71.8 Å². The molecule has 2 aliphatic heterocycles. The summed E-state index contributed by atoms with van der Waals surface area (Å²) in [5.41, 5.74) is 3.16. The normalized spacial score (nSPS) is 35.7. The molecule has 6 unspecified atom stereocenters. The van der Waals surface area contributed by atoms with Crippen LogP contribution in [0.5, 0.6) is 0 Å². The smallest absolute Gasteiger partial charge is 0.0132 e. The second kappa shape index (κ2) is 8.85. The van der Waals surface area contributed by atoms with Crippen LogP contribution in [0.2, 0.25) is 0 Å². The van der Waals surface area contributed by atoms with Gasteiger partial charge in [0.25, 0.3) is 0 Å². The van der Waals surface area contributed by atoms with E-state index < -0.39 is 0 Å². The van der Waals surface area contributed by atoms with Crippen molar-refractivity contribution in [3.8, 4) is 0 Å². The topological polar surface area (TPSA) is 6.48 Å². The molecule has 0 bridgehead atoms. The van der Waals surface area contributed by atoms with E-state index in [1.54, 1.807) is 11.1 Å². The Kier molecular flexibility index (Phi) is 5.98. The number of fused-ring (bicyclic) bond motifs is 1. The van der Waals surface area contributed by atoms with Gasteiger partial charge in [-0.3, -0.25) is 0 Å². The molecule has 0 radical (unpaired) electrons. The average molecular weight is 403 g/mol. The third-order valence-corrected chi connectivity index (χ3v) is 8.63. The van der Waals surface area contributed by atoms with E-state index in [-0.39, 0.29) is 0 Å². The Labute approximate surface area is 183 Å². The summed E-state index contributed by atoms with van der Waals surface area (Å²) in [5, 5.41) is 0. The molecule has 2 heteroatoms. The van der Waals surface area contributed by atoms with Crippen LogP contribution in [0.15, 0.2) is 60.7 Å². The number of rotatable bonds is 3. The highest BCUT2D eigenvalue weighted by Gasteiger charge is 2.51. The van der Waals surface area contributed by atoms with E-state index in [1.165, 1.54) is 51.6 Å². The van der Waals surface area contributed by atoms with Gasteiger partial charge in [0, 0.05) is 12.1 Å². The predicted molar refractivity (Wildman–Crippen MR) is 126 cm³/mol. The van der Waals surface area contributed by atoms with Crippen molar-refractivity contribution in [2.75, 3.05) is 27.2 Å². The molecule has 0 amide bonds. The van der Waals surface area contributed by atoms with Crippen LogP contribution in [-0.2, 0) is 0 Å². The van der Waals surface area contributed by atoms with Crippen LogP contribution in [0, 0.1) is 11.8 Å². The Hall–Kier alpha value is -1.64. The molecule has 2 aromatic carbocycles. The monoisotopic (exact) mass is 402 g/mol. The standard InChI is InChI=1S/C28H38N2/c1-29-18-10-9-17-25(29)28-24(21-12-5-3-6-13-21)20-26-23(16-11-19-30(26)2)27(28)22-14-7-4-8-15-22/h3-8,12-15,23-28H,9-11,16-20H2,1-2H3. The maximum atomic E-state index is 2.72. The van der Waals surface area contributed by atoms with Gasteiger partial charge in [-0.15, -0.1) is 0 Å². The fourth-order valence-corrected chi connectivity index (χ4v) is 7.29. The van der Waals surface area contributed by atoms with E-state index >= 15 is 0 Å². The highest BCUT2D eigenvalue weighted by molar-refractivity contribution is 5.30. The van der Waals surface area contributed by atoms with Crippen LogP contribution in [-0.4, -0.2) is 49.1 Å². The Morgan fingerprint density at radius 2 is 1.30 bits per heavy atom. The largest absolute Gasteiger partial charge is 0.303 e. The quantitative estimate of drug-likeness (QED) is 0.643. The summed E-state index contributed by atoms with van der Waals surface area (Å²) in [5.74, 6) is 2.78. The molecule has 0 spiro atoms. The number of nitrogens with zero attached hydrogens (tertiary/aromatic N) is 2. The first kappa shape index (κ1) is 20.3. The molecule has 3 aliphatic rings. The average Bonchev–Trinajstić information content (AvgIpc) is 2.80. The lowest BCUT2D eigenvalue weighted by molar-refractivity contribution is -0.00924. The zero-order chi connectivity index (χ0) is 20.5. The van der Waals surface area contributed by atoms with E-state index in [1.807, 2.05) is 0 Å². The molecule has 1 aliphatic carbocycles. The maximum absolute atomic E-state index is 2.72. The van der Waals surface area contributed by atoms with Crippen LogP contribution in [0.4, 0.5) is 0 Å². The molecular formula is C28H38N2. The molecule has 30 heavy (non-hydrogen) atoms. The molecule has 5 rings (SSSR count). The van der Waals surface area contributed by atoms with Gasteiger partial charge in [-0.05, 0) is 94.1 Å². The minimum absolute atomic E-state index is 0.642. The summed E-state index contributed by atoms with van der Waals surface area (Å²) in [7, 11) is 4.78. The van der Waals surface area contributed by atoms with Crippen molar-refractivity contribution in [1.29, 1.82) is 0 Å². The Morgan fingerprint density at radius 1 is 0.667 bits per heavy atom. The van der Waals surface area contributed by atoms with Crippen LogP contribution < -0.4 is 0 Å². The van der Waals surface area contributed by atoms with Crippen LogP contribution >= 0.6 is 0 Å². The van der Waals surface area contributed by atoms with Crippen LogP contribution in [0.1, 0.15) is 61.5 Å². The van der Waals surface area contributed by atoms with Gasteiger partial charge in [0.1, 0.15) is 0 Å². The molecule has 160 valence electrons. The van der Waals surface area contributed by atoms with E-state index in [9.17, 15) is 0 Å². The molecule has 1 saturated carbocycles. The second-order valence-corrected chi connectivity index (χ2v) is 10.2. The summed E-state index contributed by atoms with van der Waals surface area (Å²) in [6.07, 6.45) is 8.18. The number of hydrogen-bond donors (Lipinski definition) is 0. The molecule has 6 atom stereocenters. The first-order chi connectivity index (χ1) is 14.7. The molecular weight excluding hydrogens is 364 g/mol. The van der Waals surface area contributed by atoms with Gasteiger partial charge in [0.2, 0.25) is 0 Å². The lowest BCUT2D eigenvalue weighted by Crippen LogP contribution is -2.56. The van der Waals surface area contributed by atoms with Crippen LogP contribution in [0.3, 0.4) is 0 Å². The van der Waals surface area contributed by atoms with Gasteiger partial charge < -0.3 is 9.80 Å². The summed E-state index contributed by atoms with van der Waals surface area (Å²) in [4.78, 5) is 5.41. The van der Waals surface area contributed by atoms with E-state index in [2.05, 4.69) is 84.6 Å². The van der Waals surface area contributed by atoms with Crippen molar-refractivity contribution in [1.82, 2.24) is 9.80 Å². The minimum atomic E-state index is 0.642. The highest BCUT2D eigenvalue weighted by atomic mass is 15.2. The zero-order valence-electron chi connectivity index (χ0n) is 18.8. The van der Waals surface area contributed by atoms with Gasteiger partial charge in [-0.25, -0.2) is 0 Å². The summed E-state index contributed by atoms with van der Waals surface area (Å²) >= 11 is 0. The van der Waals surface area contributed by atoms with Gasteiger partial charge in [0.15, 0.2) is 0 Å². The van der Waals surface area contributed by atoms with Crippen molar-refractivity contribution in [2.45, 2.75) is 62.4 Å². The third kappa shape index (κ3) is 3.74. The van der Waals surface area contributed by atoms with Crippen LogP contribution in [0.25, 0.3) is 0 Å². The zero-order valence-corrected chi connectivity index (χ0v) is 18.8. The summed E-state index contributed by atoms with van der Waals surface area (Å²) in [6, 6.07) is 24.5. The van der Waals surface area contributed by atoms with Crippen molar-refractivity contribution >= 4 is 0 Å². The molecule has 3 fully saturated rings. The molecule has 0 aromatic heterocycles. The fraction of sp³-hybridized carbons (Fsp3) is 0.571. The maximum Gasteiger partial charge on any atom is 0.0132 e.